The summed E-state index contributed by atoms with van der Waals surface area (Å²) in [5.41, 5.74) is -1.71. The summed E-state index contributed by atoms with van der Waals surface area (Å²) in [5, 5.41) is 100. The van der Waals surface area contributed by atoms with Gasteiger partial charge >= 0.3 is 0 Å². The molecule has 0 aromatic carbocycles. The lowest BCUT2D eigenvalue weighted by Crippen LogP contribution is -2.71. The van der Waals surface area contributed by atoms with Crippen LogP contribution >= 0.6 is 0 Å². The highest BCUT2D eigenvalue weighted by molar-refractivity contribution is 5.22. The van der Waals surface area contributed by atoms with E-state index in [2.05, 4.69) is 40.7 Å². The average Bonchev–Trinajstić information content (AvgIpc) is 3.49. The van der Waals surface area contributed by atoms with Crippen LogP contribution in [0.15, 0.2) is 11.6 Å². The predicted octanol–water partition coefficient (Wildman–Crippen LogP) is 2.15. The molecule has 4 aliphatic carbocycles. The molecule has 2 unspecified atom stereocenters. The first-order chi connectivity index (χ1) is 25.5. The second-order valence-electron chi connectivity index (χ2n) is 20.3. The predicted molar refractivity (Wildman–Crippen MR) is 201 cm³/mol. The maximum absolute atomic E-state index is 12.3. The zero-order valence-corrected chi connectivity index (χ0v) is 34.4. The summed E-state index contributed by atoms with van der Waals surface area (Å²) in [6.07, 6.45) is -8.99. The van der Waals surface area contributed by atoms with Crippen molar-refractivity contribution in [2.24, 2.45) is 45.3 Å². The highest BCUT2D eigenvalue weighted by Gasteiger charge is 2.73. The van der Waals surface area contributed by atoms with Crippen LogP contribution in [0.4, 0.5) is 0 Å². The fraction of sp³-hybridized carbons (Fsp3) is 0.952. The molecule has 0 radical (unpaired) electrons. The smallest absolute Gasteiger partial charge is 0.187 e. The molecule has 21 atom stereocenters. The van der Waals surface area contributed by atoms with Gasteiger partial charge in [0.05, 0.1) is 36.6 Å². The van der Waals surface area contributed by atoms with Gasteiger partial charge in [0.2, 0.25) is 0 Å². The molecule has 6 fully saturated rings. The first-order valence-corrected chi connectivity index (χ1v) is 20.8. The molecule has 9 N–H and O–H groups in total. The van der Waals surface area contributed by atoms with Crippen molar-refractivity contribution in [2.45, 2.75) is 199 Å². The van der Waals surface area contributed by atoms with Crippen molar-refractivity contribution in [3.05, 3.63) is 11.6 Å². The minimum absolute atomic E-state index is 0.0411. The van der Waals surface area contributed by atoms with Gasteiger partial charge < -0.3 is 64.9 Å². The van der Waals surface area contributed by atoms with E-state index in [9.17, 15) is 46.0 Å². The summed E-state index contributed by atoms with van der Waals surface area (Å²) >= 11 is 0. The van der Waals surface area contributed by atoms with Crippen molar-refractivity contribution < 1.29 is 64.9 Å². The monoisotopic (exact) mass is 784 g/mol. The number of hydrogen-bond acceptors (Lipinski definition) is 13. The topological polar surface area (TPSA) is 219 Å². The van der Waals surface area contributed by atoms with Crippen molar-refractivity contribution >= 4 is 0 Å². The second-order valence-corrected chi connectivity index (χ2v) is 20.3. The Hall–Kier alpha value is -0.780. The first kappa shape index (κ1) is 43.8. The Morgan fingerprint density at radius 1 is 0.818 bits per heavy atom. The Balaban J connectivity index is 1.38. The second kappa shape index (κ2) is 15.4. The highest BCUT2D eigenvalue weighted by atomic mass is 16.8. The summed E-state index contributed by atoms with van der Waals surface area (Å²) in [6, 6.07) is 0. The maximum atomic E-state index is 12.3. The summed E-state index contributed by atoms with van der Waals surface area (Å²) < 4.78 is 25.1. The van der Waals surface area contributed by atoms with Crippen LogP contribution in [0.3, 0.4) is 0 Å². The van der Waals surface area contributed by atoms with Gasteiger partial charge in [0.1, 0.15) is 42.7 Å². The third kappa shape index (κ3) is 7.10. The van der Waals surface area contributed by atoms with Gasteiger partial charge in [-0.15, -0.1) is 0 Å². The molecule has 6 aliphatic rings. The SMILES string of the molecule is CC(C)=CCCC(C)(O)[C@H]1CC[C@]2(C)[C@@H]1[C@H](O)C[C@@H]1[C@@]3(C)CC[C@H](O)C(C)(C)[C@@H]3[C@@H](OC3O[C@H](CO)[C@@H](O)[C@H](O)[C@H]3O[C@H]3O[C@@H](C)[C@H](O)[C@@H](O)[C@@H]3O)C[C@]12C. The van der Waals surface area contributed by atoms with Gasteiger partial charge in [-0.3, -0.25) is 0 Å². The molecule has 4 saturated carbocycles. The number of ether oxygens (including phenoxy) is 4. The lowest BCUT2D eigenvalue weighted by molar-refractivity contribution is -0.382. The number of aliphatic hydroxyl groups is 9. The molecule has 6 rings (SSSR count). The minimum atomic E-state index is -1.70. The number of allylic oxidation sites excluding steroid dienone is 2. The third-order valence-electron chi connectivity index (χ3n) is 16.5. The maximum Gasteiger partial charge on any atom is 0.187 e. The molecule has 13 nitrogen and oxygen atoms in total. The van der Waals surface area contributed by atoms with Crippen molar-refractivity contribution in [1.82, 2.24) is 0 Å². The van der Waals surface area contributed by atoms with Gasteiger partial charge in [-0.1, -0.05) is 46.3 Å². The molecule has 55 heavy (non-hydrogen) atoms. The summed E-state index contributed by atoms with van der Waals surface area (Å²) in [6.45, 7) is 17.8. The number of hydrogen-bond donors (Lipinski definition) is 9. The fourth-order valence-electron chi connectivity index (χ4n) is 13.3. The van der Waals surface area contributed by atoms with Crippen LogP contribution in [0, 0.1) is 45.3 Å². The summed E-state index contributed by atoms with van der Waals surface area (Å²) in [4.78, 5) is 0. The fourth-order valence-corrected chi connectivity index (χ4v) is 13.3. The van der Waals surface area contributed by atoms with E-state index in [1.54, 1.807) is 0 Å². The molecule has 2 aliphatic heterocycles. The first-order valence-electron chi connectivity index (χ1n) is 20.8. The molecular weight excluding hydrogens is 712 g/mol. The Bertz CT molecular complexity index is 1390. The normalized spacial score (nSPS) is 53.4. The number of fused-ring (bicyclic) bond motifs is 5. The van der Waals surface area contributed by atoms with Gasteiger partial charge in [-0.05, 0) is 124 Å². The molecule has 2 heterocycles. The van der Waals surface area contributed by atoms with Crippen molar-refractivity contribution in [3.8, 4) is 0 Å². The molecule has 0 aromatic heterocycles. The third-order valence-corrected chi connectivity index (χ3v) is 16.5. The van der Waals surface area contributed by atoms with E-state index in [1.807, 2.05) is 20.8 Å². The van der Waals surface area contributed by atoms with Crippen molar-refractivity contribution in [1.29, 1.82) is 0 Å². The zero-order valence-electron chi connectivity index (χ0n) is 34.4. The molecule has 0 amide bonds. The van der Waals surface area contributed by atoms with Crippen LogP contribution < -0.4 is 0 Å². The van der Waals surface area contributed by atoms with Crippen LogP contribution in [-0.4, -0.2) is 138 Å². The Morgan fingerprint density at radius 3 is 2.13 bits per heavy atom. The molecule has 0 spiro atoms. The Morgan fingerprint density at radius 2 is 1.49 bits per heavy atom. The highest BCUT2D eigenvalue weighted by Crippen LogP contribution is 2.76. The number of aliphatic hydroxyl groups excluding tert-OH is 8. The van der Waals surface area contributed by atoms with E-state index < -0.39 is 114 Å². The van der Waals surface area contributed by atoms with Gasteiger partial charge in [0.25, 0.3) is 0 Å². The number of rotatable bonds is 9. The molecular formula is C42H72O13. The molecule has 318 valence electrons. The minimum Gasteiger partial charge on any atom is -0.394 e. The van der Waals surface area contributed by atoms with E-state index in [0.29, 0.717) is 32.1 Å². The van der Waals surface area contributed by atoms with Gasteiger partial charge in [-0.25, -0.2) is 0 Å². The van der Waals surface area contributed by atoms with E-state index in [-0.39, 0.29) is 23.7 Å². The van der Waals surface area contributed by atoms with Crippen LogP contribution in [0.5, 0.6) is 0 Å². The summed E-state index contributed by atoms with van der Waals surface area (Å²) in [7, 11) is 0. The van der Waals surface area contributed by atoms with Crippen LogP contribution in [-0.2, 0) is 18.9 Å². The molecule has 0 aromatic rings. The summed E-state index contributed by atoms with van der Waals surface area (Å²) in [5.74, 6) is -0.526. The molecule has 2 saturated heterocycles. The van der Waals surface area contributed by atoms with Crippen molar-refractivity contribution in [3.63, 3.8) is 0 Å². The average molecular weight is 785 g/mol. The Labute approximate surface area is 327 Å². The van der Waals surface area contributed by atoms with E-state index >= 15 is 0 Å². The standard InChI is InChI=1S/C42H72O13/c1-20(2)11-10-14-42(9,51)22-12-16-40(7)28(22)23(44)17-26-39(6)15-13-27(45)38(4,5)35(39)24(18-41(26,40)8)53-37-34(32(49)30(47)25(19-43)54-37)55-36-33(50)31(48)29(46)21(3)52-36/h11,21-37,43-51H,10,12-19H2,1-9H3/t21-,22-,23+,24-,25+,26+,27-,28-,29-,30+,31+,32-,33-,34+,35-,36+,37?,39+,40+,41+,42?/m0/s1. The largest absolute Gasteiger partial charge is 0.394 e. The van der Waals surface area contributed by atoms with Crippen LogP contribution in [0.1, 0.15) is 114 Å². The van der Waals surface area contributed by atoms with E-state index in [4.69, 9.17) is 18.9 Å². The Kier molecular flexibility index (Phi) is 12.2. The van der Waals surface area contributed by atoms with Gasteiger partial charge in [0, 0.05) is 0 Å². The lowest BCUT2D eigenvalue weighted by atomic mass is 9.34. The lowest BCUT2D eigenvalue weighted by Gasteiger charge is -2.72. The van der Waals surface area contributed by atoms with Crippen LogP contribution in [0.2, 0.25) is 0 Å². The molecule has 13 heteroatoms. The van der Waals surface area contributed by atoms with Crippen LogP contribution in [0.25, 0.3) is 0 Å². The molecule has 0 bridgehead atoms. The quantitative estimate of drug-likeness (QED) is 0.121. The van der Waals surface area contributed by atoms with E-state index in [0.717, 1.165) is 19.3 Å². The van der Waals surface area contributed by atoms with Crippen molar-refractivity contribution in [2.75, 3.05) is 6.61 Å². The van der Waals surface area contributed by atoms with E-state index in [1.165, 1.54) is 12.5 Å². The van der Waals surface area contributed by atoms with Gasteiger partial charge in [0.15, 0.2) is 12.6 Å². The zero-order chi connectivity index (χ0) is 40.8. The van der Waals surface area contributed by atoms with Gasteiger partial charge in [-0.2, -0.15) is 0 Å².